The average Bonchev–Trinajstić information content (AvgIpc) is 2.14. The van der Waals surface area contributed by atoms with Gasteiger partial charge in [-0.2, -0.15) is 13.2 Å². The fraction of sp³-hybridized carbons (Fsp3) is 0.375. The van der Waals surface area contributed by atoms with E-state index in [9.17, 15) is 13.2 Å². The number of anilines is 1. The summed E-state index contributed by atoms with van der Waals surface area (Å²) in [5.74, 6) is 0.0918. The van der Waals surface area contributed by atoms with Gasteiger partial charge in [-0.1, -0.05) is 0 Å². The molecule has 0 saturated heterocycles. The van der Waals surface area contributed by atoms with Crippen LogP contribution in [0.2, 0.25) is 0 Å². The van der Waals surface area contributed by atoms with Crippen LogP contribution in [0.4, 0.5) is 18.9 Å². The van der Waals surface area contributed by atoms with Crippen LogP contribution in [0.25, 0.3) is 0 Å². The standard InChI is InChI=1S/C8H9F3N2O/c1-12-6-2-7(4-13-3-6)14-5-8(9,10)11/h2-4,12H,5H2,1H3. The fourth-order valence-electron chi connectivity index (χ4n) is 0.800. The minimum absolute atomic E-state index is 0.0918. The van der Waals surface area contributed by atoms with Crippen molar-refractivity contribution in [1.82, 2.24) is 4.98 Å². The first-order valence-electron chi connectivity index (χ1n) is 3.83. The number of aromatic nitrogens is 1. The van der Waals surface area contributed by atoms with Crippen molar-refractivity contribution in [2.24, 2.45) is 0 Å². The van der Waals surface area contributed by atoms with Gasteiger partial charge in [0.1, 0.15) is 5.75 Å². The molecule has 0 aliphatic rings. The zero-order valence-corrected chi connectivity index (χ0v) is 7.43. The van der Waals surface area contributed by atoms with Crippen molar-refractivity contribution >= 4 is 5.69 Å². The van der Waals surface area contributed by atoms with Gasteiger partial charge in [-0.05, 0) is 0 Å². The monoisotopic (exact) mass is 206 g/mol. The maximum atomic E-state index is 11.8. The molecule has 1 aromatic heterocycles. The first-order valence-corrected chi connectivity index (χ1v) is 3.83. The maximum absolute atomic E-state index is 11.8. The highest BCUT2D eigenvalue weighted by molar-refractivity contribution is 5.44. The molecule has 0 bridgehead atoms. The molecule has 0 amide bonds. The van der Waals surface area contributed by atoms with Crippen LogP contribution in [0.15, 0.2) is 18.5 Å². The predicted molar refractivity (Wildman–Crippen MR) is 45.3 cm³/mol. The molecule has 0 aromatic carbocycles. The van der Waals surface area contributed by atoms with Gasteiger partial charge in [0.25, 0.3) is 0 Å². The first kappa shape index (κ1) is 10.6. The number of halogens is 3. The summed E-state index contributed by atoms with van der Waals surface area (Å²) >= 11 is 0. The highest BCUT2D eigenvalue weighted by atomic mass is 19.4. The van der Waals surface area contributed by atoms with Gasteiger partial charge in [0.2, 0.25) is 0 Å². The van der Waals surface area contributed by atoms with Crippen LogP contribution in [0, 0.1) is 0 Å². The van der Waals surface area contributed by atoms with E-state index in [0.29, 0.717) is 5.69 Å². The number of alkyl halides is 3. The summed E-state index contributed by atoms with van der Waals surface area (Å²) in [6.45, 7) is -1.30. The summed E-state index contributed by atoms with van der Waals surface area (Å²) in [6, 6.07) is 1.44. The zero-order valence-electron chi connectivity index (χ0n) is 7.43. The topological polar surface area (TPSA) is 34.2 Å². The first-order chi connectivity index (χ1) is 6.51. The van der Waals surface area contributed by atoms with Crippen LogP contribution in [0.5, 0.6) is 5.75 Å². The van der Waals surface area contributed by atoms with E-state index in [1.54, 1.807) is 7.05 Å². The second-order valence-electron chi connectivity index (χ2n) is 2.56. The van der Waals surface area contributed by atoms with Crippen LogP contribution >= 0.6 is 0 Å². The SMILES string of the molecule is CNc1cncc(OCC(F)(F)F)c1. The Morgan fingerprint density at radius 2 is 2.14 bits per heavy atom. The number of nitrogens with one attached hydrogen (secondary N) is 1. The molecule has 78 valence electrons. The number of hydrogen-bond donors (Lipinski definition) is 1. The summed E-state index contributed by atoms with van der Waals surface area (Å²) in [7, 11) is 1.64. The molecule has 0 aliphatic heterocycles. The Balaban J connectivity index is 2.59. The van der Waals surface area contributed by atoms with Gasteiger partial charge in [0, 0.05) is 13.1 Å². The van der Waals surface area contributed by atoms with Crippen LogP contribution < -0.4 is 10.1 Å². The van der Waals surface area contributed by atoms with Crippen LogP contribution in [-0.4, -0.2) is 24.8 Å². The Labute approximate surface area is 78.9 Å². The second kappa shape index (κ2) is 4.17. The Kier molecular flexibility index (Phi) is 3.16. The molecule has 0 fully saturated rings. The van der Waals surface area contributed by atoms with Crippen molar-refractivity contribution in [3.05, 3.63) is 18.5 Å². The van der Waals surface area contributed by atoms with E-state index in [4.69, 9.17) is 0 Å². The van der Waals surface area contributed by atoms with Gasteiger partial charge in [-0.25, -0.2) is 0 Å². The lowest BCUT2D eigenvalue weighted by Gasteiger charge is -2.09. The molecular formula is C8H9F3N2O. The normalized spacial score (nSPS) is 11.1. The van der Waals surface area contributed by atoms with Gasteiger partial charge >= 0.3 is 6.18 Å². The molecule has 0 atom stereocenters. The van der Waals surface area contributed by atoms with E-state index in [1.165, 1.54) is 18.5 Å². The predicted octanol–water partition coefficient (Wildman–Crippen LogP) is 2.06. The smallest absolute Gasteiger partial charge is 0.422 e. The maximum Gasteiger partial charge on any atom is 0.422 e. The van der Waals surface area contributed by atoms with Crippen molar-refractivity contribution in [3.63, 3.8) is 0 Å². The van der Waals surface area contributed by atoms with Gasteiger partial charge in [0.15, 0.2) is 6.61 Å². The molecule has 0 aliphatic carbocycles. The number of pyridine rings is 1. The Bertz CT molecular complexity index is 301. The van der Waals surface area contributed by atoms with Crippen molar-refractivity contribution in [1.29, 1.82) is 0 Å². The number of ether oxygens (including phenoxy) is 1. The van der Waals surface area contributed by atoms with Crippen LogP contribution in [-0.2, 0) is 0 Å². The molecule has 0 spiro atoms. The summed E-state index contributed by atoms with van der Waals surface area (Å²) in [5, 5.41) is 2.74. The van der Waals surface area contributed by atoms with Crippen molar-refractivity contribution < 1.29 is 17.9 Å². The summed E-state index contributed by atoms with van der Waals surface area (Å²) < 4.78 is 39.8. The molecule has 1 heterocycles. The lowest BCUT2D eigenvalue weighted by molar-refractivity contribution is -0.153. The fourth-order valence-corrected chi connectivity index (χ4v) is 0.800. The van der Waals surface area contributed by atoms with E-state index in [2.05, 4.69) is 15.0 Å². The van der Waals surface area contributed by atoms with Gasteiger partial charge in [-0.3, -0.25) is 4.98 Å². The lowest BCUT2D eigenvalue weighted by atomic mass is 10.4. The summed E-state index contributed by atoms with van der Waals surface area (Å²) in [4.78, 5) is 3.70. The Morgan fingerprint density at radius 3 is 2.71 bits per heavy atom. The minimum Gasteiger partial charge on any atom is -0.482 e. The van der Waals surface area contributed by atoms with E-state index in [0.717, 1.165) is 0 Å². The average molecular weight is 206 g/mol. The number of nitrogens with zero attached hydrogens (tertiary/aromatic N) is 1. The molecule has 0 radical (unpaired) electrons. The van der Waals surface area contributed by atoms with E-state index >= 15 is 0 Å². The van der Waals surface area contributed by atoms with Crippen molar-refractivity contribution in [2.75, 3.05) is 19.0 Å². The summed E-state index contributed by atoms with van der Waals surface area (Å²) in [5.41, 5.74) is 0.602. The van der Waals surface area contributed by atoms with E-state index in [-0.39, 0.29) is 5.75 Å². The Morgan fingerprint density at radius 1 is 1.43 bits per heavy atom. The van der Waals surface area contributed by atoms with Crippen LogP contribution in [0.3, 0.4) is 0 Å². The van der Waals surface area contributed by atoms with E-state index < -0.39 is 12.8 Å². The molecule has 0 saturated carbocycles. The molecule has 6 heteroatoms. The molecular weight excluding hydrogens is 197 g/mol. The second-order valence-corrected chi connectivity index (χ2v) is 2.56. The number of rotatable bonds is 3. The molecule has 14 heavy (non-hydrogen) atoms. The minimum atomic E-state index is -4.32. The Hall–Kier alpha value is -1.46. The quantitative estimate of drug-likeness (QED) is 0.821. The largest absolute Gasteiger partial charge is 0.482 e. The van der Waals surface area contributed by atoms with Gasteiger partial charge in [0.05, 0.1) is 18.1 Å². The third kappa shape index (κ3) is 3.51. The molecule has 0 unspecified atom stereocenters. The van der Waals surface area contributed by atoms with Crippen molar-refractivity contribution in [2.45, 2.75) is 6.18 Å². The van der Waals surface area contributed by atoms with Crippen LogP contribution in [0.1, 0.15) is 0 Å². The van der Waals surface area contributed by atoms with Gasteiger partial charge in [-0.15, -0.1) is 0 Å². The van der Waals surface area contributed by atoms with Gasteiger partial charge < -0.3 is 10.1 Å². The zero-order chi connectivity index (χ0) is 10.6. The van der Waals surface area contributed by atoms with E-state index in [1.807, 2.05) is 0 Å². The number of hydrogen-bond acceptors (Lipinski definition) is 3. The lowest BCUT2D eigenvalue weighted by Crippen LogP contribution is -2.19. The molecule has 1 N–H and O–H groups in total. The molecule has 1 rings (SSSR count). The third-order valence-electron chi connectivity index (χ3n) is 1.40. The third-order valence-corrected chi connectivity index (χ3v) is 1.40. The highest BCUT2D eigenvalue weighted by Gasteiger charge is 2.28. The molecule has 1 aromatic rings. The van der Waals surface area contributed by atoms with Crippen molar-refractivity contribution in [3.8, 4) is 5.75 Å². The molecule has 3 nitrogen and oxygen atoms in total. The highest BCUT2D eigenvalue weighted by Crippen LogP contribution is 2.19. The summed E-state index contributed by atoms with van der Waals surface area (Å²) in [6.07, 6.45) is -1.61.